The minimum atomic E-state index is -0.151. The van der Waals surface area contributed by atoms with E-state index in [1.165, 1.54) is 0 Å². The topological polar surface area (TPSA) is 54.2 Å². The molecule has 1 fully saturated rings. The average Bonchev–Trinajstić information content (AvgIpc) is 2.87. The summed E-state index contributed by atoms with van der Waals surface area (Å²) in [6.45, 7) is 12.9. The highest BCUT2D eigenvalue weighted by atomic mass is 16.5. The zero-order valence-corrected chi connectivity index (χ0v) is 12.6. The lowest BCUT2D eigenvalue weighted by Crippen LogP contribution is -2.52. The lowest BCUT2D eigenvalue weighted by molar-refractivity contribution is 0.0924. The highest BCUT2D eigenvalue weighted by Crippen LogP contribution is 2.25. The molecule has 1 aromatic rings. The Morgan fingerprint density at radius 3 is 2.63 bits per heavy atom. The fourth-order valence-electron chi connectivity index (χ4n) is 2.38. The van der Waals surface area contributed by atoms with Gasteiger partial charge in [0.1, 0.15) is 0 Å². The first-order valence-corrected chi connectivity index (χ1v) is 7.29. The Morgan fingerprint density at radius 2 is 2.00 bits per heavy atom. The van der Waals surface area contributed by atoms with Crippen molar-refractivity contribution in [1.29, 1.82) is 0 Å². The van der Waals surface area contributed by atoms with Crippen molar-refractivity contribution in [3.63, 3.8) is 0 Å². The van der Waals surface area contributed by atoms with Crippen LogP contribution in [0.3, 0.4) is 0 Å². The minimum absolute atomic E-state index is 0.151. The summed E-state index contributed by atoms with van der Waals surface area (Å²) in [5.74, 6) is 2.25. The van der Waals surface area contributed by atoms with Gasteiger partial charge in [0.15, 0.2) is 5.82 Å². The average molecular weight is 266 g/mol. The molecule has 0 atom stereocenters. The molecule has 0 aliphatic carbocycles. The molecule has 1 aliphatic rings. The van der Waals surface area contributed by atoms with Gasteiger partial charge in [-0.1, -0.05) is 19.0 Å². The third kappa shape index (κ3) is 3.54. The summed E-state index contributed by atoms with van der Waals surface area (Å²) in [5, 5.41) is 7.56. The Kier molecular flexibility index (Phi) is 4.58. The number of hydrogen-bond acceptors (Lipinski definition) is 5. The number of aromatic nitrogens is 2. The maximum Gasteiger partial charge on any atom is 0.226 e. The largest absolute Gasteiger partial charge is 0.339 e. The lowest BCUT2D eigenvalue weighted by Gasteiger charge is -2.38. The van der Waals surface area contributed by atoms with Crippen molar-refractivity contribution in [1.82, 2.24) is 20.4 Å². The van der Waals surface area contributed by atoms with E-state index in [0.29, 0.717) is 5.92 Å². The van der Waals surface area contributed by atoms with Crippen LogP contribution >= 0.6 is 0 Å². The van der Waals surface area contributed by atoms with Gasteiger partial charge in [-0.25, -0.2) is 0 Å². The molecule has 108 valence electrons. The molecule has 2 rings (SSSR count). The number of nitrogens with zero attached hydrogens (tertiary/aromatic N) is 3. The Labute approximate surface area is 115 Å². The van der Waals surface area contributed by atoms with Gasteiger partial charge in [0.2, 0.25) is 5.89 Å². The zero-order valence-electron chi connectivity index (χ0n) is 12.6. The second-order valence-electron chi connectivity index (χ2n) is 6.24. The van der Waals surface area contributed by atoms with Gasteiger partial charge in [-0.2, -0.15) is 4.98 Å². The van der Waals surface area contributed by atoms with Crippen LogP contribution in [0.15, 0.2) is 4.52 Å². The molecule has 0 bridgehead atoms. The predicted octanol–water partition coefficient (Wildman–Crippen LogP) is 1.80. The molecule has 0 spiro atoms. The summed E-state index contributed by atoms with van der Waals surface area (Å²) < 4.78 is 5.39. The first kappa shape index (κ1) is 14.5. The van der Waals surface area contributed by atoms with Gasteiger partial charge in [0.25, 0.3) is 0 Å². The van der Waals surface area contributed by atoms with Crippen LogP contribution < -0.4 is 5.32 Å². The molecule has 0 radical (unpaired) electrons. The van der Waals surface area contributed by atoms with E-state index >= 15 is 0 Å². The maximum absolute atomic E-state index is 5.39. The molecule has 1 N–H and O–H groups in total. The third-order valence-corrected chi connectivity index (χ3v) is 3.86. The molecule has 1 aromatic heterocycles. The second kappa shape index (κ2) is 6.01. The van der Waals surface area contributed by atoms with Crippen LogP contribution in [0.2, 0.25) is 0 Å². The van der Waals surface area contributed by atoms with Crippen molar-refractivity contribution >= 4 is 0 Å². The van der Waals surface area contributed by atoms with E-state index in [9.17, 15) is 0 Å². The molecule has 5 nitrogen and oxygen atoms in total. The van der Waals surface area contributed by atoms with Crippen LogP contribution in [-0.2, 0) is 12.0 Å². The molecular formula is C14H26N4O. The van der Waals surface area contributed by atoms with Gasteiger partial charge in [0.05, 0.1) is 5.54 Å². The summed E-state index contributed by atoms with van der Waals surface area (Å²) in [5.41, 5.74) is -0.151. The van der Waals surface area contributed by atoms with Crippen LogP contribution in [0.5, 0.6) is 0 Å². The van der Waals surface area contributed by atoms with Crippen molar-refractivity contribution in [2.45, 2.75) is 46.1 Å². The summed E-state index contributed by atoms with van der Waals surface area (Å²) >= 11 is 0. The maximum atomic E-state index is 5.39. The number of piperazine rings is 1. The van der Waals surface area contributed by atoms with Gasteiger partial charge in [-0.15, -0.1) is 0 Å². The zero-order chi connectivity index (χ0) is 13.9. The summed E-state index contributed by atoms with van der Waals surface area (Å²) in [6.07, 6.45) is 1.97. The fourth-order valence-corrected chi connectivity index (χ4v) is 2.38. The monoisotopic (exact) mass is 266 g/mol. The molecule has 1 aliphatic heterocycles. The van der Waals surface area contributed by atoms with E-state index in [1.807, 2.05) is 0 Å². The van der Waals surface area contributed by atoms with E-state index in [0.717, 1.165) is 50.7 Å². The van der Waals surface area contributed by atoms with Crippen molar-refractivity contribution in [2.24, 2.45) is 5.92 Å². The van der Waals surface area contributed by atoms with Gasteiger partial charge in [-0.3, -0.25) is 4.90 Å². The normalized spacial score (nSPS) is 18.2. The van der Waals surface area contributed by atoms with E-state index in [4.69, 9.17) is 4.52 Å². The van der Waals surface area contributed by atoms with Gasteiger partial charge in [0, 0.05) is 32.6 Å². The van der Waals surface area contributed by atoms with Crippen molar-refractivity contribution in [2.75, 3.05) is 26.2 Å². The van der Waals surface area contributed by atoms with Crippen LogP contribution in [0.4, 0.5) is 0 Å². The summed E-state index contributed by atoms with van der Waals surface area (Å²) in [7, 11) is 0. The lowest BCUT2D eigenvalue weighted by atomic mass is 10.0. The van der Waals surface area contributed by atoms with E-state index in [2.05, 4.69) is 48.1 Å². The van der Waals surface area contributed by atoms with Gasteiger partial charge >= 0.3 is 0 Å². The molecule has 5 heteroatoms. The quantitative estimate of drug-likeness (QED) is 0.880. The summed E-state index contributed by atoms with van der Waals surface area (Å²) in [6, 6.07) is 0. The van der Waals surface area contributed by atoms with Crippen molar-refractivity contribution in [3.05, 3.63) is 11.7 Å². The van der Waals surface area contributed by atoms with Crippen molar-refractivity contribution < 1.29 is 4.52 Å². The predicted molar refractivity (Wildman–Crippen MR) is 74.9 cm³/mol. The number of aryl methyl sites for hydroxylation is 1. The van der Waals surface area contributed by atoms with Crippen LogP contribution in [0.1, 0.15) is 45.8 Å². The molecule has 2 heterocycles. The third-order valence-electron chi connectivity index (χ3n) is 3.86. The molecule has 0 unspecified atom stereocenters. The molecule has 19 heavy (non-hydrogen) atoms. The first-order valence-electron chi connectivity index (χ1n) is 7.29. The molecule has 1 saturated heterocycles. The molecule has 0 aromatic carbocycles. The van der Waals surface area contributed by atoms with E-state index in [1.54, 1.807) is 0 Å². The number of rotatable bonds is 5. The van der Waals surface area contributed by atoms with Crippen LogP contribution in [0.25, 0.3) is 0 Å². The van der Waals surface area contributed by atoms with Crippen LogP contribution in [0, 0.1) is 5.92 Å². The molecule has 0 amide bonds. The Balaban J connectivity index is 2.03. The SMILES string of the molecule is CC(C)CCc1nc(C(C)(C)N2CCNCC2)no1. The van der Waals surface area contributed by atoms with Gasteiger partial charge < -0.3 is 9.84 Å². The highest BCUT2D eigenvalue weighted by molar-refractivity contribution is 5.03. The molecular weight excluding hydrogens is 240 g/mol. The van der Waals surface area contributed by atoms with Crippen LogP contribution in [-0.4, -0.2) is 41.2 Å². The fraction of sp³-hybridized carbons (Fsp3) is 0.857. The highest BCUT2D eigenvalue weighted by Gasteiger charge is 2.34. The van der Waals surface area contributed by atoms with Crippen molar-refractivity contribution in [3.8, 4) is 0 Å². The van der Waals surface area contributed by atoms with E-state index in [-0.39, 0.29) is 5.54 Å². The summed E-state index contributed by atoms with van der Waals surface area (Å²) in [4.78, 5) is 7.01. The smallest absolute Gasteiger partial charge is 0.226 e. The number of hydrogen-bond donors (Lipinski definition) is 1. The second-order valence-corrected chi connectivity index (χ2v) is 6.24. The molecule has 0 saturated carbocycles. The van der Waals surface area contributed by atoms with E-state index < -0.39 is 0 Å². The Morgan fingerprint density at radius 1 is 1.32 bits per heavy atom. The van der Waals surface area contributed by atoms with Gasteiger partial charge in [-0.05, 0) is 26.2 Å². The Bertz CT molecular complexity index is 394. The Hall–Kier alpha value is -0.940. The minimum Gasteiger partial charge on any atom is -0.339 e. The number of nitrogens with one attached hydrogen (secondary N) is 1. The first-order chi connectivity index (χ1) is 9.00. The standard InChI is InChI=1S/C14H26N4O/c1-11(2)5-6-12-16-13(17-19-12)14(3,4)18-9-7-15-8-10-18/h11,15H,5-10H2,1-4H3.